The number of hydrogen-bond donors (Lipinski definition) is 4. The Morgan fingerprint density at radius 3 is 2.18 bits per heavy atom. The lowest BCUT2D eigenvalue weighted by molar-refractivity contribution is -0.187. The zero-order valence-corrected chi connectivity index (χ0v) is 10.1. The predicted octanol–water partition coefficient (Wildman–Crippen LogP) is -1.36. The molecule has 1 amide bonds. The highest BCUT2D eigenvalue weighted by molar-refractivity contribution is 5.68. The summed E-state index contributed by atoms with van der Waals surface area (Å²) in [5.74, 6) is 0. The van der Waals surface area contributed by atoms with Crippen LogP contribution in [0.4, 0.5) is 4.79 Å². The molecule has 0 aromatic rings. The van der Waals surface area contributed by atoms with E-state index >= 15 is 0 Å². The van der Waals surface area contributed by atoms with Gasteiger partial charge in [0.2, 0.25) is 0 Å². The molecule has 1 aliphatic heterocycles. The highest BCUT2D eigenvalue weighted by atomic mass is 16.6. The van der Waals surface area contributed by atoms with Gasteiger partial charge in [-0.25, -0.2) is 4.79 Å². The number of likely N-dealkylation sites (tertiary alicyclic amines) is 1. The number of amides is 1. The van der Waals surface area contributed by atoms with E-state index in [4.69, 9.17) is 4.74 Å². The molecule has 0 aliphatic carbocycles. The van der Waals surface area contributed by atoms with Crippen molar-refractivity contribution in [1.82, 2.24) is 4.90 Å². The van der Waals surface area contributed by atoms with Crippen LogP contribution in [0.3, 0.4) is 0 Å². The summed E-state index contributed by atoms with van der Waals surface area (Å²) in [5.41, 5.74) is -0.747. The maximum Gasteiger partial charge on any atom is 0.412 e. The molecule has 1 saturated heterocycles. The SMILES string of the molecule is CC(C)(C)OC(=O)N1CC(O)C(O)C(O)C1O. The molecule has 7 nitrogen and oxygen atoms in total. The number of hydrogen-bond acceptors (Lipinski definition) is 6. The summed E-state index contributed by atoms with van der Waals surface area (Å²) in [6, 6.07) is 0. The van der Waals surface area contributed by atoms with Crippen molar-refractivity contribution in [1.29, 1.82) is 0 Å². The van der Waals surface area contributed by atoms with Gasteiger partial charge in [0, 0.05) is 0 Å². The van der Waals surface area contributed by atoms with E-state index in [0.717, 1.165) is 4.90 Å². The van der Waals surface area contributed by atoms with Gasteiger partial charge in [0.1, 0.15) is 23.9 Å². The van der Waals surface area contributed by atoms with Gasteiger partial charge >= 0.3 is 6.09 Å². The van der Waals surface area contributed by atoms with E-state index in [1.54, 1.807) is 20.8 Å². The van der Waals surface area contributed by atoms with Crippen LogP contribution in [0.25, 0.3) is 0 Å². The molecule has 4 N–H and O–H groups in total. The fraction of sp³-hybridized carbons (Fsp3) is 0.900. The first-order chi connectivity index (χ1) is 7.63. The van der Waals surface area contributed by atoms with Crippen LogP contribution in [0.5, 0.6) is 0 Å². The minimum absolute atomic E-state index is 0.297. The molecule has 1 heterocycles. The Bertz CT molecular complexity index is 289. The highest BCUT2D eigenvalue weighted by Crippen LogP contribution is 2.20. The van der Waals surface area contributed by atoms with Gasteiger partial charge in [-0.3, -0.25) is 4.90 Å². The highest BCUT2D eigenvalue weighted by Gasteiger charge is 2.43. The van der Waals surface area contributed by atoms with Gasteiger partial charge in [-0.2, -0.15) is 0 Å². The van der Waals surface area contributed by atoms with Crippen molar-refractivity contribution >= 4 is 6.09 Å². The molecule has 0 aromatic heterocycles. The van der Waals surface area contributed by atoms with Gasteiger partial charge in [0.25, 0.3) is 0 Å². The van der Waals surface area contributed by atoms with Crippen LogP contribution in [0.15, 0.2) is 0 Å². The van der Waals surface area contributed by atoms with Crippen molar-refractivity contribution in [3.8, 4) is 0 Å². The molecule has 4 atom stereocenters. The normalized spacial score (nSPS) is 34.6. The van der Waals surface area contributed by atoms with Gasteiger partial charge < -0.3 is 25.2 Å². The number of nitrogens with zero attached hydrogens (tertiary/aromatic N) is 1. The summed E-state index contributed by atoms with van der Waals surface area (Å²) in [7, 11) is 0. The summed E-state index contributed by atoms with van der Waals surface area (Å²) < 4.78 is 5.00. The second-order valence-electron chi connectivity index (χ2n) is 5.09. The van der Waals surface area contributed by atoms with E-state index in [-0.39, 0.29) is 6.54 Å². The van der Waals surface area contributed by atoms with Gasteiger partial charge in [-0.05, 0) is 20.8 Å². The molecular weight excluding hydrogens is 230 g/mol. The quantitative estimate of drug-likeness (QED) is 0.422. The molecule has 1 fully saturated rings. The molecule has 100 valence electrons. The molecule has 7 heteroatoms. The smallest absolute Gasteiger partial charge is 0.412 e. The van der Waals surface area contributed by atoms with E-state index in [2.05, 4.69) is 0 Å². The van der Waals surface area contributed by atoms with Crippen molar-refractivity contribution < 1.29 is 30.0 Å². The Labute approximate surface area is 99.2 Å². The lowest BCUT2D eigenvalue weighted by Crippen LogP contribution is -2.63. The number of carbonyl (C=O) groups excluding carboxylic acids is 1. The van der Waals surface area contributed by atoms with E-state index < -0.39 is 36.2 Å². The zero-order valence-electron chi connectivity index (χ0n) is 10.1. The van der Waals surface area contributed by atoms with Crippen LogP contribution < -0.4 is 0 Å². The molecule has 1 rings (SSSR count). The van der Waals surface area contributed by atoms with Crippen LogP contribution in [-0.4, -0.2) is 68.1 Å². The summed E-state index contributed by atoms with van der Waals surface area (Å²) in [6.07, 6.45) is -6.87. The Morgan fingerprint density at radius 1 is 1.18 bits per heavy atom. The standard InChI is InChI=1S/C10H19NO6/c1-10(2,3)17-9(16)11-4-5(12)6(13)7(14)8(11)15/h5-8,12-15H,4H2,1-3H3. The van der Waals surface area contributed by atoms with E-state index in [0.29, 0.717) is 0 Å². The maximum absolute atomic E-state index is 11.7. The minimum atomic E-state index is -1.62. The number of rotatable bonds is 0. The second-order valence-corrected chi connectivity index (χ2v) is 5.09. The number of ether oxygens (including phenoxy) is 1. The second kappa shape index (κ2) is 4.77. The predicted molar refractivity (Wildman–Crippen MR) is 57.0 cm³/mol. The summed E-state index contributed by atoms with van der Waals surface area (Å²) in [4.78, 5) is 12.4. The fourth-order valence-corrected chi connectivity index (χ4v) is 1.51. The van der Waals surface area contributed by atoms with Crippen molar-refractivity contribution in [3.63, 3.8) is 0 Å². The van der Waals surface area contributed by atoms with Gasteiger partial charge in [0.05, 0.1) is 6.54 Å². The molecule has 1 aliphatic rings. The largest absolute Gasteiger partial charge is 0.444 e. The molecule has 0 aromatic carbocycles. The minimum Gasteiger partial charge on any atom is -0.444 e. The van der Waals surface area contributed by atoms with E-state index in [9.17, 15) is 25.2 Å². The van der Waals surface area contributed by atoms with Crippen LogP contribution in [0.1, 0.15) is 20.8 Å². The van der Waals surface area contributed by atoms with Crippen molar-refractivity contribution in [3.05, 3.63) is 0 Å². The molecule has 0 radical (unpaired) electrons. The molecule has 4 unspecified atom stereocenters. The number of piperidine rings is 1. The molecular formula is C10H19NO6. The molecule has 0 saturated carbocycles. The number of aliphatic hydroxyl groups excluding tert-OH is 4. The summed E-state index contributed by atoms with van der Waals surface area (Å²) in [5, 5.41) is 37.7. The monoisotopic (exact) mass is 249 g/mol. The average molecular weight is 249 g/mol. The van der Waals surface area contributed by atoms with Gasteiger partial charge in [-0.15, -0.1) is 0 Å². The van der Waals surface area contributed by atoms with E-state index in [1.165, 1.54) is 0 Å². The third kappa shape index (κ3) is 3.29. The van der Waals surface area contributed by atoms with Crippen LogP contribution in [0, 0.1) is 0 Å². The van der Waals surface area contributed by atoms with E-state index in [1.807, 2.05) is 0 Å². The van der Waals surface area contributed by atoms with Crippen LogP contribution in [-0.2, 0) is 4.74 Å². The van der Waals surface area contributed by atoms with Crippen LogP contribution >= 0.6 is 0 Å². The maximum atomic E-state index is 11.7. The Hall–Kier alpha value is -0.890. The first-order valence-corrected chi connectivity index (χ1v) is 5.35. The third-order valence-corrected chi connectivity index (χ3v) is 2.38. The first kappa shape index (κ1) is 14.2. The molecule has 0 spiro atoms. The molecule has 17 heavy (non-hydrogen) atoms. The Kier molecular flexibility index (Phi) is 3.98. The fourth-order valence-electron chi connectivity index (χ4n) is 1.51. The summed E-state index contributed by atoms with van der Waals surface area (Å²) >= 11 is 0. The average Bonchev–Trinajstić information content (AvgIpc) is 2.17. The van der Waals surface area contributed by atoms with Crippen molar-refractivity contribution in [2.75, 3.05) is 6.54 Å². The molecule has 0 bridgehead atoms. The van der Waals surface area contributed by atoms with Crippen molar-refractivity contribution in [2.24, 2.45) is 0 Å². The number of aliphatic hydroxyl groups is 4. The van der Waals surface area contributed by atoms with Crippen LogP contribution in [0.2, 0.25) is 0 Å². The first-order valence-electron chi connectivity index (χ1n) is 5.35. The number of carbonyl (C=O) groups is 1. The van der Waals surface area contributed by atoms with Crippen molar-refractivity contribution in [2.45, 2.75) is 50.9 Å². The lowest BCUT2D eigenvalue weighted by Gasteiger charge is -2.41. The number of β-amino-alcohol motifs (C(OH)–C–C–N with tert-alkyl or cyclic N) is 1. The lowest BCUT2D eigenvalue weighted by atomic mass is 10.0. The third-order valence-electron chi connectivity index (χ3n) is 2.38. The Morgan fingerprint density at radius 2 is 1.71 bits per heavy atom. The Balaban J connectivity index is 2.74. The topological polar surface area (TPSA) is 110 Å². The van der Waals surface area contributed by atoms with Gasteiger partial charge in [-0.1, -0.05) is 0 Å². The zero-order chi connectivity index (χ0) is 13.4. The summed E-state index contributed by atoms with van der Waals surface area (Å²) in [6.45, 7) is 4.67. The van der Waals surface area contributed by atoms with Gasteiger partial charge in [0.15, 0.2) is 6.23 Å².